The number of nitrogens with one attached hydrogen (secondary N) is 1. The number of hydrogen-bond donors (Lipinski definition) is 1. The molecule has 2 aromatic carbocycles. The van der Waals surface area contributed by atoms with Crippen LogP contribution in [-0.2, 0) is 21.1 Å². The molecule has 5 rings (SSSR count). The second kappa shape index (κ2) is 12.4. The van der Waals surface area contributed by atoms with Crippen molar-refractivity contribution in [2.75, 3.05) is 11.4 Å². The Morgan fingerprint density at radius 2 is 1.85 bits per heavy atom. The van der Waals surface area contributed by atoms with Gasteiger partial charge in [-0.25, -0.2) is 17.8 Å². The molecule has 1 atom stereocenters. The van der Waals surface area contributed by atoms with Crippen molar-refractivity contribution >= 4 is 27.3 Å². The molecule has 11 heteroatoms. The zero-order valence-electron chi connectivity index (χ0n) is 22.1. The fraction of sp³-hybridized carbons (Fsp3) is 0.267. The Kier molecular flexibility index (Phi) is 8.53. The summed E-state index contributed by atoms with van der Waals surface area (Å²) < 4.78 is 45.0. The van der Waals surface area contributed by atoms with Crippen molar-refractivity contribution in [3.8, 4) is 0 Å². The molecule has 1 saturated carbocycles. The van der Waals surface area contributed by atoms with Crippen LogP contribution in [0.2, 0.25) is 0 Å². The van der Waals surface area contributed by atoms with Gasteiger partial charge in [0.25, 0.3) is 5.91 Å². The molecule has 41 heavy (non-hydrogen) atoms. The lowest BCUT2D eigenvalue weighted by atomic mass is 10.0. The zero-order valence-corrected chi connectivity index (χ0v) is 23.0. The number of pyridine rings is 1. The fourth-order valence-corrected chi connectivity index (χ4v) is 6.94. The van der Waals surface area contributed by atoms with Crippen LogP contribution in [0.1, 0.15) is 53.3 Å². The first-order valence-corrected chi connectivity index (χ1v) is 14.9. The Morgan fingerprint density at radius 3 is 2.51 bits per heavy atom. The predicted octanol–water partition coefficient (Wildman–Crippen LogP) is 4.67. The third kappa shape index (κ3) is 6.35. The molecule has 0 radical (unpaired) electrons. The molecule has 1 fully saturated rings. The number of carbonyl (C=O) groups is 2. The van der Waals surface area contributed by atoms with Crippen LogP contribution >= 0.6 is 0 Å². The minimum absolute atomic E-state index is 0.0332. The number of sulfone groups is 1. The Balaban J connectivity index is 1.48. The van der Waals surface area contributed by atoms with Crippen LogP contribution in [-0.4, -0.2) is 42.0 Å². The van der Waals surface area contributed by atoms with Crippen LogP contribution < -0.4 is 10.2 Å². The van der Waals surface area contributed by atoms with Gasteiger partial charge in [0.1, 0.15) is 18.1 Å². The van der Waals surface area contributed by atoms with Crippen LogP contribution in [0.15, 0.2) is 95.0 Å². The average Bonchev–Trinajstić information content (AvgIpc) is 3.72. The number of nitrogens with zero attached hydrogens (tertiary/aromatic N) is 3. The molecule has 212 valence electrons. The van der Waals surface area contributed by atoms with Gasteiger partial charge in [-0.3, -0.25) is 19.5 Å². The van der Waals surface area contributed by atoms with Crippen molar-refractivity contribution in [3.05, 3.63) is 108 Å². The predicted molar refractivity (Wildman–Crippen MR) is 149 cm³/mol. The number of aromatic nitrogens is 2. The Bertz CT molecular complexity index is 1590. The number of anilines is 1. The van der Waals surface area contributed by atoms with Crippen LogP contribution in [0.3, 0.4) is 0 Å². The summed E-state index contributed by atoms with van der Waals surface area (Å²) in [6.45, 7) is 0.184. The maximum atomic E-state index is 13.8. The lowest BCUT2D eigenvalue weighted by molar-refractivity contribution is -0.122. The van der Waals surface area contributed by atoms with Gasteiger partial charge in [0.2, 0.25) is 5.91 Å². The molecule has 1 aliphatic rings. The first kappa shape index (κ1) is 28.2. The van der Waals surface area contributed by atoms with E-state index in [0.29, 0.717) is 30.4 Å². The smallest absolute Gasteiger partial charge is 0.281 e. The van der Waals surface area contributed by atoms with E-state index < -0.39 is 32.9 Å². The molecule has 0 saturated heterocycles. The molecule has 9 nitrogen and oxygen atoms in total. The van der Waals surface area contributed by atoms with Crippen LogP contribution in [0.5, 0.6) is 0 Å². The molecule has 2 aromatic heterocycles. The highest BCUT2D eigenvalue weighted by Gasteiger charge is 2.35. The van der Waals surface area contributed by atoms with E-state index in [1.165, 1.54) is 53.8 Å². The maximum absolute atomic E-state index is 13.8. The highest BCUT2D eigenvalue weighted by Crippen LogP contribution is 2.33. The normalized spacial score (nSPS) is 14.5. The number of carbonyl (C=O) groups excluding carboxylic acids is 2. The number of rotatable bonds is 10. The SMILES string of the molecule is O=C(NCCc1cccc(F)c1)C(c1cccnc1)N(C(=O)c1cocn1)c1ccc(S(=O)(=O)C2CCCC2)cc1. The van der Waals surface area contributed by atoms with Gasteiger partial charge in [-0.2, -0.15) is 0 Å². The second-order valence-electron chi connectivity index (χ2n) is 9.85. The molecule has 2 heterocycles. The van der Waals surface area contributed by atoms with Gasteiger partial charge in [-0.15, -0.1) is 0 Å². The average molecular weight is 577 g/mol. The van der Waals surface area contributed by atoms with E-state index in [1.807, 2.05) is 0 Å². The first-order valence-electron chi connectivity index (χ1n) is 13.3. The summed E-state index contributed by atoms with van der Waals surface area (Å²) in [6, 6.07) is 14.2. The van der Waals surface area contributed by atoms with Crippen molar-refractivity contribution in [2.24, 2.45) is 0 Å². The summed E-state index contributed by atoms with van der Waals surface area (Å²) in [7, 11) is -3.52. The van der Waals surface area contributed by atoms with E-state index >= 15 is 0 Å². The molecule has 1 N–H and O–H groups in total. The quantitative estimate of drug-likeness (QED) is 0.291. The fourth-order valence-electron chi connectivity index (χ4n) is 5.09. The number of oxazole rings is 1. The summed E-state index contributed by atoms with van der Waals surface area (Å²) >= 11 is 0. The van der Waals surface area contributed by atoms with Gasteiger partial charge in [0.15, 0.2) is 21.9 Å². The standard InChI is InChI=1S/C30H29FN4O5S/c31-23-7-3-5-21(17-23)14-16-33-29(36)28(22-6-4-15-32-18-22)35(30(37)27-19-40-20-34-27)24-10-12-26(13-11-24)41(38,39)25-8-1-2-9-25/h3-7,10-13,15,17-20,25,28H,1-2,8-9,14,16H2,(H,33,36). The van der Waals surface area contributed by atoms with Gasteiger partial charge < -0.3 is 9.73 Å². The molecule has 0 bridgehead atoms. The van der Waals surface area contributed by atoms with Crippen molar-refractivity contribution < 1.29 is 26.8 Å². The third-order valence-electron chi connectivity index (χ3n) is 7.16. The van der Waals surface area contributed by atoms with Gasteiger partial charge in [0.05, 0.1) is 10.1 Å². The Morgan fingerprint density at radius 1 is 1.07 bits per heavy atom. The highest BCUT2D eigenvalue weighted by molar-refractivity contribution is 7.92. The largest absolute Gasteiger partial charge is 0.451 e. The van der Waals surface area contributed by atoms with Gasteiger partial charge >= 0.3 is 0 Å². The Hall–Kier alpha value is -4.38. The van der Waals surface area contributed by atoms with E-state index in [-0.39, 0.29) is 28.6 Å². The maximum Gasteiger partial charge on any atom is 0.281 e. The lowest BCUT2D eigenvalue weighted by Crippen LogP contribution is -2.44. The minimum Gasteiger partial charge on any atom is -0.451 e. The van der Waals surface area contributed by atoms with Crippen molar-refractivity contribution in [3.63, 3.8) is 0 Å². The van der Waals surface area contributed by atoms with E-state index in [9.17, 15) is 22.4 Å². The number of hydrogen-bond acceptors (Lipinski definition) is 7. The summed E-state index contributed by atoms with van der Waals surface area (Å²) in [5.41, 5.74) is 1.39. The Labute approximate surface area is 237 Å². The van der Waals surface area contributed by atoms with Crippen molar-refractivity contribution in [1.82, 2.24) is 15.3 Å². The van der Waals surface area contributed by atoms with Crippen molar-refractivity contribution in [2.45, 2.75) is 48.3 Å². The lowest BCUT2D eigenvalue weighted by Gasteiger charge is -2.31. The summed E-state index contributed by atoms with van der Waals surface area (Å²) in [6.07, 6.45) is 8.70. The molecule has 4 aromatic rings. The topological polar surface area (TPSA) is 122 Å². The molecular weight excluding hydrogens is 547 g/mol. The molecule has 0 aliphatic heterocycles. The van der Waals surface area contributed by atoms with Crippen LogP contribution in [0.4, 0.5) is 10.1 Å². The number of benzene rings is 2. The second-order valence-corrected chi connectivity index (χ2v) is 12.1. The summed E-state index contributed by atoms with van der Waals surface area (Å²) in [4.78, 5) is 37.1. The summed E-state index contributed by atoms with van der Waals surface area (Å²) in [5.74, 6) is -1.50. The van der Waals surface area contributed by atoms with Gasteiger partial charge in [-0.1, -0.05) is 31.0 Å². The van der Waals surface area contributed by atoms with Crippen LogP contribution in [0.25, 0.3) is 0 Å². The third-order valence-corrected chi connectivity index (χ3v) is 9.44. The van der Waals surface area contributed by atoms with Crippen LogP contribution in [0, 0.1) is 5.82 Å². The first-order chi connectivity index (χ1) is 19.8. The van der Waals surface area contributed by atoms with E-state index in [2.05, 4.69) is 15.3 Å². The highest BCUT2D eigenvalue weighted by atomic mass is 32.2. The van der Waals surface area contributed by atoms with Crippen molar-refractivity contribution in [1.29, 1.82) is 0 Å². The molecule has 0 spiro atoms. The molecule has 1 aliphatic carbocycles. The minimum atomic E-state index is -3.52. The monoisotopic (exact) mass is 576 g/mol. The van der Waals surface area contributed by atoms with E-state index in [1.54, 1.807) is 30.5 Å². The summed E-state index contributed by atoms with van der Waals surface area (Å²) in [5, 5.41) is 2.43. The van der Waals surface area contributed by atoms with Gasteiger partial charge in [0, 0.05) is 30.2 Å². The van der Waals surface area contributed by atoms with E-state index in [4.69, 9.17) is 4.42 Å². The van der Waals surface area contributed by atoms with Gasteiger partial charge in [-0.05, 0) is 67.3 Å². The molecule has 2 amide bonds. The number of halogens is 1. The van der Waals surface area contributed by atoms with E-state index in [0.717, 1.165) is 19.2 Å². The molecule has 1 unspecified atom stereocenters. The number of amides is 2. The zero-order chi connectivity index (χ0) is 28.8. The molecular formula is C30H29FN4O5S.